The molecule has 0 radical (unpaired) electrons. The Kier molecular flexibility index (Phi) is 6.10. The second-order valence-corrected chi connectivity index (χ2v) is 6.33. The van der Waals surface area contributed by atoms with E-state index < -0.39 is 18.3 Å². The molecule has 0 spiro atoms. The number of hydrogen-bond donors (Lipinski definition) is 3. The van der Waals surface area contributed by atoms with Crippen LogP contribution in [-0.2, 0) is 4.74 Å². The van der Waals surface area contributed by atoms with E-state index in [-0.39, 0.29) is 18.6 Å². The van der Waals surface area contributed by atoms with Crippen LogP contribution in [0.25, 0.3) is 0 Å². The number of amides is 2. The average Bonchev–Trinajstić information content (AvgIpc) is 2.47. The summed E-state index contributed by atoms with van der Waals surface area (Å²) < 4.78 is 42.1. The Bertz CT molecular complexity index is 392. The fourth-order valence-electron chi connectivity index (χ4n) is 2.90. The first kappa shape index (κ1) is 18.3. The number of ether oxygens (including phenoxy) is 1. The van der Waals surface area contributed by atoms with Gasteiger partial charge in [0.05, 0.1) is 12.1 Å². The van der Waals surface area contributed by atoms with Crippen molar-refractivity contribution >= 4 is 6.03 Å². The smallest absolute Gasteiger partial charge is 0.388 e. The third-order valence-electron chi connectivity index (χ3n) is 4.33. The van der Waals surface area contributed by atoms with Gasteiger partial charge in [0.2, 0.25) is 0 Å². The molecule has 0 saturated carbocycles. The summed E-state index contributed by atoms with van der Waals surface area (Å²) in [6.45, 7) is 0.808. The highest BCUT2D eigenvalue weighted by molar-refractivity contribution is 5.74. The summed E-state index contributed by atoms with van der Waals surface area (Å²) in [6.07, 6.45) is -2.26. The Morgan fingerprint density at radius 1 is 1.26 bits per heavy atom. The maximum atomic E-state index is 12.3. The monoisotopic (exact) mass is 339 g/mol. The lowest BCUT2D eigenvalue weighted by Crippen LogP contribution is -2.53. The molecule has 2 amide bonds. The highest BCUT2D eigenvalue weighted by Crippen LogP contribution is 2.20. The van der Waals surface area contributed by atoms with Gasteiger partial charge in [-0.2, -0.15) is 13.2 Å². The number of urea groups is 1. The summed E-state index contributed by atoms with van der Waals surface area (Å²) in [7, 11) is 0. The molecule has 6 nitrogen and oxygen atoms in total. The van der Waals surface area contributed by atoms with Crippen molar-refractivity contribution in [3.8, 4) is 0 Å². The first-order chi connectivity index (χ1) is 10.8. The molecule has 2 heterocycles. The third-order valence-corrected chi connectivity index (χ3v) is 4.33. The molecule has 0 aromatic rings. The summed E-state index contributed by atoms with van der Waals surface area (Å²) in [5.74, 6) is 0. The number of carbonyl (C=O) groups excluding carboxylic acids is 1. The topological polar surface area (TPSA) is 73.8 Å². The van der Waals surface area contributed by atoms with Gasteiger partial charge in [0, 0.05) is 51.7 Å². The number of hydrogen-bond acceptors (Lipinski definition) is 4. The number of halogens is 3. The van der Waals surface area contributed by atoms with E-state index in [1.165, 1.54) is 4.90 Å². The number of carbonyl (C=O) groups is 1. The van der Waals surface area contributed by atoms with Gasteiger partial charge in [0.25, 0.3) is 0 Å². The van der Waals surface area contributed by atoms with Crippen molar-refractivity contribution in [1.29, 1.82) is 0 Å². The zero-order valence-electron chi connectivity index (χ0n) is 13.0. The average molecular weight is 339 g/mol. The van der Waals surface area contributed by atoms with E-state index in [4.69, 9.17) is 4.74 Å². The van der Waals surface area contributed by atoms with Crippen molar-refractivity contribution in [2.75, 3.05) is 39.4 Å². The second kappa shape index (κ2) is 7.67. The van der Waals surface area contributed by atoms with Crippen LogP contribution < -0.4 is 10.6 Å². The third kappa shape index (κ3) is 6.52. The van der Waals surface area contributed by atoms with Crippen LogP contribution in [0.1, 0.15) is 25.7 Å². The predicted octanol–water partition coefficient (Wildman–Crippen LogP) is 0.854. The molecule has 0 atom stereocenters. The van der Waals surface area contributed by atoms with Gasteiger partial charge in [-0.25, -0.2) is 4.79 Å². The van der Waals surface area contributed by atoms with Crippen molar-refractivity contribution in [2.45, 2.75) is 43.5 Å². The van der Waals surface area contributed by atoms with Crippen molar-refractivity contribution in [2.24, 2.45) is 0 Å². The molecule has 0 aromatic heterocycles. The molecular weight excluding hydrogens is 315 g/mol. The Hall–Kier alpha value is -1.06. The SMILES string of the molecule is O=C(NCC1(O)CCOCC1)NC1CCN(CC(F)(F)F)CC1. The quantitative estimate of drug-likeness (QED) is 0.710. The predicted molar refractivity (Wildman–Crippen MR) is 77.1 cm³/mol. The van der Waals surface area contributed by atoms with Gasteiger partial charge >= 0.3 is 12.2 Å². The number of nitrogens with zero attached hydrogens (tertiary/aromatic N) is 1. The summed E-state index contributed by atoms with van der Waals surface area (Å²) in [5.41, 5.74) is -0.939. The molecule has 2 aliphatic rings. The van der Waals surface area contributed by atoms with Crippen LogP contribution in [0.4, 0.5) is 18.0 Å². The Morgan fingerprint density at radius 2 is 1.87 bits per heavy atom. The zero-order valence-corrected chi connectivity index (χ0v) is 13.0. The van der Waals surface area contributed by atoms with Crippen LogP contribution >= 0.6 is 0 Å². The molecule has 0 aliphatic carbocycles. The summed E-state index contributed by atoms with van der Waals surface area (Å²) in [5, 5.41) is 15.6. The molecule has 0 bridgehead atoms. The molecule has 23 heavy (non-hydrogen) atoms. The molecule has 2 fully saturated rings. The van der Waals surface area contributed by atoms with Crippen LogP contribution in [0, 0.1) is 0 Å². The Morgan fingerprint density at radius 3 is 2.43 bits per heavy atom. The number of nitrogens with one attached hydrogen (secondary N) is 2. The zero-order chi connectivity index (χ0) is 16.9. The standard InChI is InChI=1S/C14H24F3N3O3/c15-14(16,17)10-20-5-1-11(2-6-20)19-12(21)18-9-13(22)3-7-23-8-4-13/h11,22H,1-10H2,(H2,18,19,21). The fraction of sp³-hybridized carbons (Fsp3) is 0.929. The van der Waals surface area contributed by atoms with E-state index in [1.54, 1.807) is 0 Å². The van der Waals surface area contributed by atoms with Crippen molar-refractivity contribution in [1.82, 2.24) is 15.5 Å². The minimum atomic E-state index is -4.18. The highest BCUT2D eigenvalue weighted by atomic mass is 19.4. The summed E-state index contributed by atoms with van der Waals surface area (Å²) >= 11 is 0. The first-order valence-electron chi connectivity index (χ1n) is 7.89. The molecular formula is C14H24F3N3O3. The lowest BCUT2D eigenvalue weighted by atomic mass is 9.94. The minimum absolute atomic E-state index is 0.135. The lowest BCUT2D eigenvalue weighted by molar-refractivity contribution is -0.148. The molecule has 0 unspecified atom stereocenters. The van der Waals surface area contributed by atoms with E-state index >= 15 is 0 Å². The van der Waals surface area contributed by atoms with Crippen molar-refractivity contribution in [3.05, 3.63) is 0 Å². The molecule has 9 heteroatoms. The van der Waals surface area contributed by atoms with Crippen LogP contribution in [0.3, 0.4) is 0 Å². The minimum Gasteiger partial charge on any atom is -0.388 e. The van der Waals surface area contributed by atoms with Gasteiger partial charge in [-0.15, -0.1) is 0 Å². The molecule has 2 aliphatic heterocycles. The second-order valence-electron chi connectivity index (χ2n) is 6.33. The highest BCUT2D eigenvalue weighted by Gasteiger charge is 2.33. The molecule has 0 aromatic carbocycles. The van der Waals surface area contributed by atoms with Crippen molar-refractivity contribution < 1.29 is 27.8 Å². The Labute approximate surface area is 133 Å². The Balaban J connectivity index is 1.64. The van der Waals surface area contributed by atoms with Crippen LogP contribution in [0.15, 0.2) is 0 Å². The van der Waals surface area contributed by atoms with E-state index in [0.29, 0.717) is 52.0 Å². The van der Waals surface area contributed by atoms with Gasteiger partial charge in [0.15, 0.2) is 0 Å². The number of alkyl halides is 3. The van der Waals surface area contributed by atoms with E-state index in [1.807, 2.05) is 0 Å². The van der Waals surface area contributed by atoms with Gasteiger partial charge in [-0.05, 0) is 12.8 Å². The maximum absolute atomic E-state index is 12.3. The summed E-state index contributed by atoms with van der Waals surface area (Å²) in [4.78, 5) is 13.2. The lowest BCUT2D eigenvalue weighted by Gasteiger charge is -2.34. The van der Waals surface area contributed by atoms with Gasteiger partial charge in [-0.3, -0.25) is 4.90 Å². The van der Waals surface area contributed by atoms with Crippen molar-refractivity contribution in [3.63, 3.8) is 0 Å². The molecule has 2 rings (SSSR count). The molecule has 2 saturated heterocycles. The number of aliphatic hydroxyl groups is 1. The van der Waals surface area contributed by atoms with Crippen LogP contribution in [0.2, 0.25) is 0 Å². The number of piperidine rings is 1. The van der Waals surface area contributed by atoms with Gasteiger partial charge < -0.3 is 20.5 Å². The van der Waals surface area contributed by atoms with E-state index in [2.05, 4.69) is 10.6 Å². The van der Waals surface area contributed by atoms with Crippen LogP contribution in [0.5, 0.6) is 0 Å². The fourth-order valence-corrected chi connectivity index (χ4v) is 2.90. The van der Waals surface area contributed by atoms with Crippen LogP contribution in [-0.4, -0.2) is 73.2 Å². The first-order valence-corrected chi connectivity index (χ1v) is 7.89. The van der Waals surface area contributed by atoms with E-state index in [9.17, 15) is 23.1 Å². The maximum Gasteiger partial charge on any atom is 0.401 e. The van der Waals surface area contributed by atoms with Gasteiger partial charge in [0.1, 0.15) is 0 Å². The number of likely N-dealkylation sites (tertiary alicyclic amines) is 1. The largest absolute Gasteiger partial charge is 0.401 e. The van der Waals surface area contributed by atoms with E-state index in [0.717, 1.165) is 0 Å². The normalized spacial score (nSPS) is 23.5. The van der Waals surface area contributed by atoms with Gasteiger partial charge in [-0.1, -0.05) is 0 Å². The molecule has 3 N–H and O–H groups in total. The molecule has 134 valence electrons. The number of rotatable bonds is 4. The summed E-state index contributed by atoms with van der Waals surface area (Å²) in [6, 6.07) is -0.525.